The summed E-state index contributed by atoms with van der Waals surface area (Å²) < 4.78 is 15.5. The van der Waals surface area contributed by atoms with Crippen LogP contribution in [0.25, 0.3) is 17.0 Å². The maximum absolute atomic E-state index is 13.6. The van der Waals surface area contributed by atoms with Crippen LogP contribution in [0.3, 0.4) is 0 Å². The van der Waals surface area contributed by atoms with Crippen molar-refractivity contribution in [2.24, 2.45) is 11.3 Å². The highest BCUT2D eigenvalue weighted by Gasteiger charge is 2.45. The number of ether oxygens (including phenoxy) is 3. The molecule has 2 saturated heterocycles. The molecule has 0 saturated carbocycles. The first-order chi connectivity index (χ1) is 21.8. The molecule has 4 atom stereocenters. The van der Waals surface area contributed by atoms with Crippen molar-refractivity contribution in [2.45, 2.75) is 71.7 Å². The average Bonchev–Trinajstić information content (AvgIpc) is 3.01. The standard InChI is InChI=1S/C33H43N5O8/c1-19(2)28(29(40)34-20(3)30(41)38-15-7-8-26(37-38)31(42)44-6)36-32(43)33(17-45-18-33)14-13-23-9-10-24-11-12-25(35-27(24)16-23)21(4)46-22(5)39/h9-14,16,19-21,26,28,37H,7-8,15,17-18H2,1-6H3,(H,34,40)(H,36,43)/b14-13+/t20?,21-,26+,28?/m1/s1. The Kier molecular flexibility index (Phi) is 11.1. The van der Waals surface area contributed by atoms with Gasteiger partial charge >= 0.3 is 11.9 Å². The van der Waals surface area contributed by atoms with Gasteiger partial charge in [0.25, 0.3) is 5.91 Å². The maximum Gasteiger partial charge on any atom is 0.324 e. The number of hydrogen-bond acceptors (Lipinski definition) is 10. The molecule has 0 spiro atoms. The minimum atomic E-state index is -0.983. The van der Waals surface area contributed by atoms with E-state index in [9.17, 15) is 24.0 Å². The molecule has 2 fully saturated rings. The Balaban J connectivity index is 1.42. The summed E-state index contributed by atoms with van der Waals surface area (Å²) in [5, 5.41) is 7.84. The molecule has 1 aromatic heterocycles. The maximum atomic E-state index is 13.6. The van der Waals surface area contributed by atoms with Gasteiger partial charge in [-0.25, -0.2) is 10.4 Å². The van der Waals surface area contributed by atoms with E-state index in [4.69, 9.17) is 14.2 Å². The minimum absolute atomic E-state index is 0.147. The molecule has 3 heterocycles. The van der Waals surface area contributed by atoms with Gasteiger partial charge in [-0.3, -0.25) is 29.0 Å². The van der Waals surface area contributed by atoms with Crippen LogP contribution in [-0.2, 0) is 38.2 Å². The van der Waals surface area contributed by atoms with Gasteiger partial charge in [-0.1, -0.05) is 44.2 Å². The molecular formula is C33H43N5O8. The number of fused-ring (bicyclic) bond motifs is 1. The van der Waals surface area contributed by atoms with Crippen molar-refractivity contribution in [2.75, 3.05) is 26.9 Å². The van der Waals surface area contributed by atoms with Gasteiger partial charge in [0.2, 0.25) is 11.8 Å². The first kappa shape index (κ1) is 34.5. The van der Waals surface area contributed by atoms with Gasteiger partial charge in [-0.2, -0.15) is 0 Å². The van der Waals surface area contributed by atoms with E-state index in [0.717, 1.165) is 10.9 Å². The van der Waals surface area contributed by atoms with Crippen LogP contribution in [0.15, 0.2) is 36.4 Å². The summed E-state index contributed by atoms with van der Waals surface area (Å²) in [7, 11) is 1.29. The Morgan fingerprint density at radius 1 is 1.09 bits per heavy atom. The molecule has 13 nitrogen and oxygen atoms in total. The van der Waals surface area contributed by atoms with Gasteiger partial charge in [0.15, 0.2) is 0 Å². The molecule has 3 N–H and O–H groups in total. The number of esters is 2. The third-order valence-corrected chi connectivity index (χ3v) is 8.17. The van der Waals surface area contributed by atoms with Crippen LogP contribution in [-0.4, -0.2) is 84.6 Å². The largest absolute Gasteiger partial charge is 0.468 e. The molecule has 4 rings (SSSR count). The molecule has 248 valence electrons. The van der Waals surface area contributed by atoms with Crippen molar-refractivity contribution in [1.29, 1.82) is 0 Å². The molecule has 2 aliphatic heterocycles. The number of methoxy groups -OCH3 is 1. The van der Waals surface area contributed by atoms with E-state index >= 15 is 0 Å². The van der Waals surface area contributed by atoms with Gasteiger partial charge in [0, 0.05) is 18.9 Å². The van der Waals surface area contributed by atoms with E-state index in [1.807, 2.05) is 50.3 Å². The Morgan fingerprint density at radius 2 is 1.80 bits per heavy atom. The number of hydrogen-bond donors (Lipinski definition) is 3. The second kappa shape index (κ2) is 14.8. The Hall–Kier alpha value is -4.36. The van der Waals surface area contributed by atoms with Crippen LogP contribution < -0.4 is 16.1 Å². The first-order valence-corrected chi connectivity index (χ1v) is 15.4. The predicted molar refractivity (Wildman–Crippen MR) is 168 cm³/mol. The highest BCUT2D eigenvalue weighted by atomic mass is 16.5. The van der Waals surface area contributed by atoms with E-state index in [1.165, 1.54) is 19.0 Å². The van der Waals surface area contributed by atoms with Gasteiger partial charge in [-0.15, -0.1) is 0 Å². The normalized spacial score (nSPS) is 19.5. The van der Waals surface area contributed by atoms with Crippen LogP contribution in [0, 0.1) is 11.3 Å². The summed E-state index contributed by atoms with van der Waals surface area (Å²) in [4.78, 5) is 68.0. The van der Waals surface area contributed by atoms with Crippen LogP contribution in [0.4, 0.5) is 0 Å². The molecule has 0 bridgehead atoms. The number of nitrogens with zero attached hydrogens (tertiary/aromatic N) is 2. The smallest absolute Gasteiger partial charge is 0.324 e. The highest BCUT2D eigenvalue weighted by molar-refractivity contribution is 5.94. The fourth-order valence-corrected chi connectivity index (χ4v) is 5.35. The van der Waals surface area contributed by atoms with Gasteiger partial charge in [-0.05, 0) is 50.3 Å². The number of pyridine rings is 1. The van der Waals surface area contributed by atoms with Gasteiger partial charge < -0.3 is 24.8 Å². The Morgan fingerprint density at radius 3 is 2.43 bits per heavy atom. The number of benzene rings is 1. The summed E-state index contributed by atoms with van der Waals surface area (Å²) in [6.07, 6.45) is 4.25. The summed E-state index contributed by atoms with van der Waals surface area (Å²) >= 11 is 0. The van der Waals surface area contributed by atoms with Crippen molar-refractivity contribution in [3.05, 3.63) is 47.7 Å². The molecule has 2 aliphatic rings. The van der Waals surface area contributed by atoms with E-state index in [0.29, 0.717) is 30.6 Å². The average molecular weight is 638 g/mol. The second-order valence-corrected chi connectivity index (χ2v) is 12.2. The predicted octanol–water partition coefficient (Wildman–Crippen LogP) is 2.20. The Labute approximate surface area is 268 Å². The summed E-state index contributed by atoms with van der Waals surface area (Å²) in [5.74, 6) is -2.39. The van der Waals surface area contributed by atoms with Crippen molar-refractivity contribution in [3.63, 3.8) is 0 Å². The molecule has 0 radical (unpaired) electrons. The highest BCUT2D eigenvalue weighted by Crippen LogP contribution is 2.31. The number of carbonyl (C=O) groups is 5. The summed E-state index contributed by atoms with van der Waals surface area (Å²) in [5.41, 5.74) is 4.03. The van der Waals surface area contributed by atoms with Crippen LogP contribution in [0.2, 0.25) is 0 Å². The number of hydrazine groups is 1. The third-order valence-electron chi connectivity index (χ3n) is 8.17. The molecular weight excluding hydrogens is 594 g/mol. The Bertz CT molecular complexity index is 1500. The van der Waals surface area contributed by atoms with Crippen molar-refractivity contribution >= 4 is 46.6 Å². The summed E-state index contributed by atoms with van der Waals surface area (Å²) in [6, 6.07) is 6.99. The molecule has 13 heteroatoms. The number of carbonyl (C=O) groups excluding carboxylic acids is 5. The minimum Gasteiger partial charge on any atom is -0.468 e. The summed E-state index contributed by atoms with van der Waals surface area (Å²) in [6.45, 7) is 8.97. The lowest BCUT2D eigenvalue weighted by atomic mass is 9.83. The number of aromatic nitrogens is 1. The molecule has 1 aromatic carbocycles. The van der Waals surface area contributed by atoms with E-state index in [-0.39, 0.29) is 31.0 Å². The number of nitrogens with one attached hydrogen (secondary N) is 3. The van der Waals surface area contributed by atoms with E-state index in [1.54, 1.807) is 19.9 Å². The van der Waals surface area contributed by atoms with Gasteiger partial charge in [0.05, 0.1) is 31.5 Å². The van der Waals surface area contributed by atoms with Gasteiger partial charge in [0.1, 0.15) is 29.6 Å². The SMILES string of the molecule is COC(=O)[C@@H]1CCCN(C(=O)C(C)NC(=O)C(NC(=O)C2(/C=C/c3ccc4ccc([C@@H](C)OC(C)=O)nc4c3)COC2)C(C)C)N1. The monoisotopic (exact) mass is 637 g/mol. The lowest BCUT2D eigenvalue weighted by Crippen LogP contribution is -2.62. The molecule has 3 amide bonds. The van der Waals surface area contributed by atoms with E-state index in [2.05, 4.69) is 21.0 Å². The number of rotatable bonds is 11. The fourth-order valence-electron chi connectivity index (χ4n) is 5.35. The molecule has 0 aliphatic carbocycles. The van der Waals surface area contributed by atoms with Crippen LogP contribution in [0.5, 0.6) is 0 Å². The molecule has 2 unspecified atom stereocenters. The fraction of sp³-hybridized carbons (Fsp3) is 0.515. The van der Waals surface area contributed by atoms with Crippen molar-refractivity contribution in [1.82, 2.24) is 26.1 Å². The zero-order valence-electron chi connectivity index (χ0n) is 27.1. The van der Waals surface area contributed by atoms with E-state index < -0.39 is 47.4 Å². The lowest BCUT2D eigenvalue weighted by molar-refractivity contribution is -0.154. The van der Waals surface area contributed by atoms with Crippen LogP contribution in [0.1, 0.15) is 64.8 Å². The molecule has 46 heavy (non-hydrogen) atoms. The second-order valence-electron chi connectivity index (χ2n) is 12.2. The van der Waals surface area contributed by atoms with Crippen molar-refractivity contribution in [3.8, 4) is 0 Å². The zero-order chi connectivity index (χ0) is 33.6. The first-order valence-electron chi connectivity index (χ1n) is 15.4. The molecule has 2 aromatic rings. The number of amides is 3. The quantitative estimate of drug-likeness (QED) is 0.311. The zero-order valence-corrected chi connectivity index (χ0v) is 27.1. The third kappa shape index (κ3) is 8.07. The topological polar surface area (TPSA) is 165 Å². The van der Waals surface area contributed by atoms with Crippen molar-refractivity contribution < 1.29 is 38.2 Å². The lowest BCUT2D eigenvalue weighted by Gasteiger charge is -2.39. The van der Waals surface area contributed by atoms with Crippen LogP contribution >= 0.6 is 0 Å².